The van der Waals surface area contributed by atoms with Gasteiger partial charge < -0.3 is 10.5 Å². The third kappa shape index (κ3) is 4.45. The molecule has 1 aromatic carbocycles. The number of hydrogen-bond donors (Lipinski definition) is 2. The number of rotatable bonds is 5. The van der Waals surface area contributed by atoms with Gasteiger partial charge in [0.15, 0.2) is 0 Å². The summed E-state index contributed by atoms with van der Waals surface area (Å²) in [5.74, 6) is 0.251. The molecule has 0 spiro atoms. The second kappa shape index (κ2) is 6.94. The molecule has 0 aromatic heterocycles. The van der Waals surface area contributed by atoms with Crippen LogP contribution < -0.4 is 15.6 Å². The summed E-state index contributed by atoms with van der Waals surface area (Å²) in [4.78, 5) is 0.000744. The highest BCUT2D eigenvalue weighted by Crippen LogP contribution is 2.24. The maximum absolute atomic E-state index is 11.4. The van der Waals surface area contributed by atoms with Gasteiger partial charge in [0.25, 0.3) is 0 Å². The van der Waals surface area contributed by atoms with Gasteiger partial charge in [-0.1, -0.05) is 13.0 Å². The molecule has 1 rings (SSSR count). The zero-order chi connectivity index (χ0) is 13.1. The number of ether oxygens (including phenoxy) is 1. The first-order valence-corrected chi connectivity index (χ1v) is 6.88. The number of sulfonamides is 1. The molecule has 104 valence electrons. The van der Waals surface area contributed by atoms with Gasteiger partial charge in [-0.2, -0.15) is 0 Å². The number of benzene rings is 1. The largest absolute Gasteiger partial charge is 0.495 e. The predicted octanol–water partition coefficient (Wildman–Crippen LogP) is 1.04. The van der Waals surface area contributed by atoms with E-state index in [0.29, 0.717) is 6.42 Å². The molecule has 7 heteroatoms. The third-order valence-electron chi connectivity index (χ3n) is 2.56. The summed E-state index contributed by atoms with van der Waals surface area (Å²) in [6.45, 7) is 1.98. The van der Waals surface area contributed by atoms with E-state index in [4.69, 9.17) is 15.6 Å². The van der Waals surface area contributed by atoms with Gasteiger partial charge in [-0.25, -0.2) is 13.6 Å². The van der Waals surface area contributed by atoms with Gasteiger partial charge >= 0.3 is 0 Å². The Kier molecular flexibility index (Phi) is 6.62. The van der Waals surface area contributed by atoms with E-state index < -0.39 is 10.0 Å². The lowest BCUT2D eigenvalue weighted by Gasteiger charge is -2.12. The molecule has 0 bridgehead atoms. The van der Waals surface area contributed by atoms with Crippen LogP contribution in [0.3, 0.4) is 0 Å². The minimum absolute atomic E-state index is 0. The number of primary sulfonamides is 1. The molecular weight excluding hydrogens is 276 g/mol. The first-order valence-electron chi connectivity index (χ1n) is 5.33. The second-order valence-electron chi connectivity index (χ2n) is 3.90. The molecule has 0 radical (unpaired) electrons. The van der Waals surface area contributed by atoms with Gasteiger partial charge in [0.05, 0.1) is 7.11 Å². The van der Waals surface area contributed by atoms with Crippen LogP contribution in [0, 0.1) is 0 Å². The van der Waals surface area contributed by atoms with E-state index in [1.54, 1.807) is 12.1 Å². The van der Waals surface area contributed by atoms with Crippen LogP contribution >= 0.6 is 12.4 Å². The monoisotopic (exact) mass is 294 g/mol. The molecule has 0 saturated carbocycles. The maximum atomic E-state index is 11.4. The van der Waals surface area contributed by atoms with Gasteiger partial charge in [-0.3, -0.25) is 0 Å². The fraction of sp³-hybridized carbons (Fsp3) is 0.455. The van der Waals surface area contributed by atoms with Crippen LogP contribution in [-0.2, 0) is 16.4 Å². The van der Waals surface area contributed by atoms with Crippen LogP contribution in [-0.4, -0.2) is 21.6 Å². The number of methoxy groups -OCH3 is 1. The highest BCUT2D eigenvalue weighted by molar-refractivity contribution is 7.89. The fourth-order valence-corrected chi connectivity index (χ4v) is 2.26. The van der Waals surface area contributed by atoms with Crippen molar-refractivity contribution in [1.29, 1.82) is 0 Å². The number of halogens is 1. The Bertz CT molecular complexity index is 491. The zero-order valence-corrected chi connectivity index (χ0v) is 12.1. The van der Waals surface area contributed by atoms with Crippen molar-refractivity contribution >= 4 is 22.4 Å². The quantitative estimate of drug-likeness (QED) is 0.848. The molecule has 18 heavy (non-hydrogen) atoms. The minimum Gasteiger partial charge on any atom is -0.495 e. The maximum Gasteiger partial charge on any atom is 0.241 e. The molecule has 4 N–H and O–H groups in total. The average molecular weight is 295 g/mol. The van der Waals surface area contributed by atoms with Gasteiger partial charge in [0.2, 0.25) is 10.0 Å². The van der Waals surface area contributed by atoms with E-state index in [1.165, 1.54) is 13.2 Å². The van der Waals surface area contributed by atoms with E-state index in [9.17, 15) is 8.42 Å². The molecule has 1 unspecified atom stereocenters. The molecule has 0 aliphatic rings. The number of hydrogen-bond acceptors (Lipinski definition) is 4. The molecule has 0 fully saturated rings. The van der Waals surface area contributed by atoms with Gasteiger partial charge in [-0.05, 0) is 30.5 Å². The topological polar surface area (TPSA) is 95.4 Å². The van der Waals surface area contributed by atoms with Crippen molar-refractivity contribution in [3.63, 3.8) is 0 Å². The summed E-state index contributed by atoms with van der Waals surface area (Å²) in [6.07, 6.45) is 1.44. The van der Waals surface area contributed by atoms with E-state index in [1.807, 2.05) is 6.92 Å². The summed E-state index contributed by atoms with van der Waals surface area (Å²) >= 11 is 0. The molecule has 0 heterocycles. The Balaban J connectivity index is 0.00000289. The first-order chi connectivity index (χ1) is 7.88. The summed E-state index contributed by atoms with van der Waals surface area (Å²) in [7, 11) is -2.37. The summed E-state index contributed by atoms with van der Waals surface area (Å²) < 4.78 is 27.7. The van der Waals surface area contributed by atoms with E-state index in [2.05, 4.69) is 0 Å². The lowest BCUT2D eigenvalue weighted by Crippen LogP contribution is -2.22. The van der Waals surface area contributed by atoms with Crippen molar-refractivity contribution in [3.8, 4) is 5.75 Å². The molecule has 0 aliphatic heterocycles. The highest BCUT2D eigenvalue weighted by atomic mass is 35.5. The van der Waals surface area contributed by atoms with E-state index >= 15 is 0 Å². The molecule has 1 aromatic rings. The Labute approximate surface area is 114 Å². The molecular formula is C11H19ClN2O3S. The number of nitrogens with two attached hydrogens (primary N) is 2. The van der Waals surface area contributed by atoms with Crippen molar-refractivity contribution in [2.24, 2.45) is 10.9 Å². The Morgan fingerprint density at radius 3 is 2.44 bits per heavy atom. The highest BCUT2D eigenvalue weighted by Gasteiger charge is 2.16. The van der Waals surface area contributed by atoms with Crippen molar-refractivity contribution in [3.05, 3.63) is 23.8 Å². The van der Waals surface area contributed by atoms with Crippen LogP contribution in [0.25, 0.3) is 0 Å². The van der Waals surface area contributed by atoms with E-state index in [-0.39, 0.29) is 29.1 Å². The van der Waals surface area contributed by atoms with Gasteiger partial charge in [0, 0.05) is 6.04 Å². The van der Waals surface area contributed by atoms with Crippen LogP contribution in [0.2, 0.25) is 0 Å². The van der Waals surface area contributed by atoms with Crippen molar-refractivity contribution < 1.29 is 13.2 Å². The SMILES string of the molecule is CCC(N)Cc1ccc(OC)c(S(N)(=O)=O)c1.Cl. The second-order valence-corrected chi connectivity index (χ2v) is 5.43. The normalized spacial score (nSPS) is 12.7. The molecule has 5 nitrogen and oxygen atoms in total. The Morgan fingerprint density at radius 1 is 1.39 bits per heavy atom. The fourth-order valence-electron chi connectivity index (χ4n) is 1.52. The predicted molar refractivity (Wildman–Crippen MR) is 73.6 cm³/mol. The lowest BCUT2D eigenvalue weighted by molar-refractivity contribution is 0.402. The van der Waals surface area contributed by atoms with Crippen molar-refractivity contribution in [1.82, 2.24) is 0 Å². The molecule has 0 saturated heterocycles. The smallest absolute Gasteiger partial charge is 0.241 e. The summed E-state index contributed by atoms with van der Waals surface area (Å²) in [6, 6.07) is 4.92. The molecule has 0 amide bonds. The van der Waals surface area contributed by atoms with Gasteiger partial charge in [-0.15, -0.1) is 12.4 Å². The first kappa shape index (κ1) is 17.2. The van der Waals surface area contributed by atoms with Crippen LogP contribution in [0.5, 0.6) is 5.75 Å². The lowest BCUT2D eigenvalue weighted by atomic mass is 10.0. The Morgan fingerprint density at radius 2 is 2.00 bits per heavy atom. The van der Waals surface area contributed by atoms with Crippen LogP contribution in [0.15, 0.2) is 23.1 Å². The molecule has 0 aliphatic carbocycles. The zero-order valence-electron chi connectivity index (χ0n) is 10.4. The van der Waals surface area contributed by atoms with Gasteiger partial charge in [0.1, 0.15) is 10.6 Å². The van der Waals surface area contributed by atoms with Crippen molar-refractivity contribution in [2.45, 2.75) is 30.7 Å². The summed E-state index contributed by atoms with van der Waals surface area (Å²) in [5.41, 5.74) is 6.66. The van der Waals surface area contributed by atoms with Crippen LogP contribution in [0.4, 0.5) is 0 Å². The average Bonchev–Trinajstić information content (AvgIpc) is 2.27. The third-order valence-corrected chi connectivity index (χ3v) is 3.49. The standard InChI is InChI=1S/C11H18N2O3S.ClH/c1-3-9(12)6-8-4-5-10(16-2)11(7-8)17(13,14)15;/h4-5,7,9H,3,6,12H2,1-2H3,(H2,13,14,15);1H. The Hall–Kier alpha value is -0.820. The van der Waals surface area contributed by atoms with E-state index in [0.717, 1.165) is 12.0 Å². The molecule has 1 atom stereocenters. The minimum atomic E-state index is -3.78. The van der Waals surface area contributed by atoms with Crippen LogP contribution in [0.1, 0.15) is 18.9 Å². The van der Waals surface area contributed by atoms with Crippen molar-refractivity contribution in [2.75, 3.05) is 7.11 Å². The summed E-state index contributed by atoms with van der Waals surface area (Å²) in [5, 5.41) is 5.13.